The fraction of sp³-hybridized carbons (Fsp3) is 0.727. The van der Waals surface area contributed by atoms with Crippen molar-refractivity contribution < 1.29 is 24.2 Å². The van der Waals surface area contributed by atoms with E-state index in [9.17, 15) is 19.8 Å². The lowest BCUT2D eigenvalue weighted by Gasteiger charge is -2.63. The number of carbonyl (C=O) groups excluding carboxylic acids is 2. The molecule has 0 heterocycles. The number of Topliss-reactive ketones (excluding diaryl/α,β-unsaturated/α-hetero) is 1. The Hall–Kier alpha value is -1.33. The van der Waals surface area contributed by atoms with E-state index in [1.807, 2.05) is 13.8 Å². The highest BCUT2D eigenvalue weighted by Crippen LogP contribution is 2.70. The third-order valence-corrected chi connectivity index (χ3v) is 8.70. The lowest BCUT2D eigenvalue weighted by molar-refractivity contribution is -0.219. The minimum Gasteiger partial charge on any atom is -0.390 e. The lowest BCUT2D eigenvalue weighted by Crippen LogP contribution is -2.69. The van der Waals surface area contributed by atoms with Crippen LogP contribution in [0.25, 0.3) is 0 Å². The molecule has 5 heteroatoms. The number of halogens is 1. The molecule has 0 aliphatic heterocycles. The van der Waals surface area contributed by atoms with Gasteiger partial charge in [0, 0.05) is 16.7 Å². The molecule has 0 unspecified atom stereocenters. The van der Waals surface area contributed by atoms with E-state index < -0.39 is 34.1 Å². The summed E-state index contributed by atoms with van der Waals surface area (Å²) in [5.74, 6) is -1.11. The van der Waals surface area contributed by atoms with Crippen LogP contribution in [0, 0.1) is 28.6 Å². The van der Waals surface area contributed by atoms with Crippen molar-refractivity contribution in [2.24, 2.45) is 28.6 Å². The first kappa shape index (κ1) is 19.0. The number of aliphatic hydroxyl groups is 2. The van der Waals surface area contributed by atoms with Crippen LogP contribution in [0.2, 0.25) is 0 Å². The Balaban J connectivity index is 1.86. The average molecular weight is 376 g/mol. The fourth-order valence-electron chi connectivity index (χ4n) is 7.18. The van der Waals surface area contributed by atoms with Crippen LogP contribution in [-0.2, 0) is 9.59 Å². The fourth-order valence-corrected chi connectivity index (χ4v) is 7.18. The highest BCUT2D eigenvalue weighted by molar-refractivity contribution is 6.01. The Morgan fingerprint density at radius 3 is 2.59 bits per heavy atom. The van der Waals surface area contributed by atoms with Gasteiger partial charge in [0.05, 0.1) is 6.10 Å². The molecule has 0 aromatic carbocycles. The molecular formula is C22H29FO4. The molecule has 3 fully saturated rings. The van der Waals surface area contributed by atoms with Crippen LogP contribution in [0.4, 0.5) is 4.39 Å². The van der Waals surface area contributed by atoms with Gasteiger partial charge in [0.15, 0.2) is 17.2 Å². The summed E-state index contributed by atoms with van der Waals surface area (Å²) in [7, 11) is 0. The summed E-state index contributed by atoms with van der Waals surface area (Å²) in [5.41, 5.74) is -4.59. The lowest BCUT2D eigenvalue weighted by atomic mass is 9.43. The van der Waals surface area contributed by atoms with E-state index in [1.165, 1.54) is 19.1 Å². The van der Waals surface area contributed by atoms with Gasteiger partial charge in [-0.05, 0) is 63.5 Å². The predicted molar refractivity (Wildman–Crippen MR) is 98.5 cm³/mol. The van der Waals surface area contributed by atoms with Crippen LogP contribution >= 0.6 is 0 Å². The maximum Gasteiger partial charge on any atom is 0.178 e. The summed E-state index contributed by atoms with van der Waals surface area (Å²) in [6.07, 6.45) is 4.68. The summed E-state index contributed by atoms with van der Waals surface area (Å²) in [6, 6.07) is 0. The summed E-state index contributed by atoms with van der Waals surface area (Å²) in [4.78, 5) is 24.2. The summed E-state index contributed by atoms with van der Waals surface area (Å²) in [5, 5.41) is 22.3. The average Bonchev–Trinajstić information content (AvgIpc) is 2.85. The molecule has 8 atom stereocenters. The monoisotopic (exact) mass is 376 g/mol. The van der Waals surface area contributed by atoms with Crippen molar-refractivity contribution in [1.29, 1.82) is 0 Å². The molecule has 0 amide bonds. The SMILES string of the molecule is CC(=O)[C@]1(O)CC[C@H]2[C@@H]3C[C@@H](C)C4=CC(=O)C=C[C@]4(C)[C@@]3(F)[C@@H](O)C[C@@]21C. The molecule has 0 bridgehead atoms. The Labute approximate surface area is 159 Å². The van der Waals surface area contributed by atoms with E-state index >= 15 is 4.39 Å². The van der Waals surface area contributed by atoms with Gasteiger partial charge in [-0.15, -0.1) is 0 Å². The Morgan fingerprint density at radius 2 is 1.96 bits per heavy atom. The van der Waals surface area contributed by atoms with Gasteiger partial charge < -0.3 is 10.2 Å². The first-order valence-electron chi connectivity index (χ1n) is 9.97. The van der Waals surface area contributed by atoms with Crippen LogP contribution < -0.4 is 0 Å². The van der Waals surface area contributed by atoms with Crippen molar-refractivity contribution in [2.75, 3.05) is 0 Å². The molecule has 4 aliphatic rings. The number of hydrogen-bond acceptors (Lipinski definition) is 4. The zero-order chi connectivity index (χ0) is 20.0. The van der Waals surface area contributed by atoms with Crippen molar-refractivity contribution in [3.63, 3.8) is 0 Å². The van der Waals surface area contributed by atoms with Crippen molar-refractivity contribution in [3.8, 4) is 0 Å². The molecule has 27 heavy (non-hydrogen) atoms. The van der Waals surface area contributed by atoms with Crippen LogP contribution in [0.5, 0.6) is 0 Å². The molecule has 0 radical (unpaired) electrons. The Kier molecular flexibility index (Phi) is 3.79. The van der Waals surface area contributed by atoms with Crippen molar-refractivity contribution >= 4 is 11.6 Å². The zero-order valence-corrected chi connectivity index (χ0v) is 16.5. The second-order valence-electron chi connectivity index (χ2n) is 9.75. The van der Waals surface area contributed by atoms with Gasteiger partial charge in [0.2, 0.25) is 0 Å². The Bertz CT molecular complexity index is 787. The van der Waals surface area contributed by atoms with Gasteiger partial charge >= 0.3 is 0 Å². The number of carbonyl (C=O) groups is 2. The number of allylic oxidation sites excluding steroid dienone is 4. The molecule has 0 saturated heterocycles. The number of alkyl halides is 1. The van der Waals surface area contributed by atoms with Gasteiger partial charge in [-0.1, -0.05) is 25.5 Å². The smallest absolute Gasteiger partial charge is 0.178 e. The number of ketones is 2. The molecule has 0 aromatic rings. The zero-order valence-electron chi connectivity index (χ0n) is 16.5. The number of hydrogen-bond donors (Lipinski definition) is 2. The molecule has 3 saturated carbocycles. The molecule has 2 N–H and O–H groups in total. The third-order valence-electron chi connectivity index (χ3n) is 8.70. The Morgan fingerprint density at radius 1 is 1.30 bits per heavy atom. The van der Waals surface area contributed by atoms with Gasteiger partial charge in [-0.3, -0.25) is 9.59 Å². The van der Waals surface area contributed by atoms with Crippen LogP contribution in [0.1, 0.15) is 53.4 Å². The normalized spacial score (nSPS) is 54.0. The van der Waals surface area contributed by atoms with Gasteiger partial charge in [0.1, 0.15) is 5.60 Å². The second kappa shape index (κ2) is 5.38. The summed E-state index contributed by atoms with van der Waals surface area (Å²) >= 11 is 0. The van der Waals surface area contributed by atoms with Crippen molar-refractivity contribution in [2.45, 2.75) is 70.8 Å². The molecule has 4 rings (SSSR count). The molecule has 0 aromatic heterocycles. The first-order chi connectivity index (χ1) is 12.4. The van der Waals surface area contributed by atoms with E-state index in [0.717, 1.165) is 5.57 Å². The molecule has 148 valence electrons. The number of fused-ring (bicyclic) bond motifs is 5. The van der Waals surface area contributed by atoms with Gasteiger partial charge in [-0.25, -0.2) is 4.39 Å². The highest BCUT2D eigenvalue weighted by atomic mass is 19.1. The van der Waals surface area contributed by atoms with Crippen molar-refractivity contribution in [1.82, 2.24) is 0 Å². The largest absolute Gasteiger partial charge is 0.390 e. The minimum absolute atomic E-state index is 0.00153. The molecule has 4 aliphatic carbocycles. The molecule has 4 nitrogen and oxygen atoms in total. The molecule has 0 spiro atoms. The third kappa shape index (κ3) is 2.00. The highest BCUT2D eigenvalue weighted by Gasteiger charge is 2.74. The van der Waals surface area contributed by atoms with E-state index in [0.29, 0.717) is 19.3 Å². The van der Waals surface area contributed by atoms with Crippen LogP contribution in [-0.4, -0.2) is 39.2 Å². The number of rotatable bonds is 1. The van der Waals surface area contributed by atoms with E-state index in [4.69, 9.17) is 0 Å². The van der Waals surface area contributed by atoms with E-state index in [-0.39, 0.29) is 29.8 Å². The number of aliphatic hydroxyl groups excluding tert-OH is 1. The maximum atomic E-state index is 16.9. The van der Waals surface area contributed by atoms with Gasteiger partial charge in [-0.2, -0.15) is 0 Å². The van der Waals surface area contributed by atoms with Crippen LogP contribution in [0.15, 0.2) is 23.8 Å². The van der Waals surface area contributed by atoms with E-state index in [1.54, 1.807) is 13.0 Å². The first-order valence-corrected chi connectivity index (χ1v) is 9.97. The standard InChI is InChI=1S/C22H29FO4/c1-12-9-17-15-6-8-21(27,13(2)24)20(15,4)11-18(26)22(17,23)19(3)7-5-14(25)10-16(12)19/h5,7,10,12,15,17-18,26-27H,6,8-9,11H2,1-4H3/t12-,15+,17+,18+,19+,20+,21-,22+/m1/s1. The second-order valence-corrected chi connectivity index (χ2v) is 9.75. The predicted octanol–water partition coefficient (Wildman–Crippen LogP) is 2.92. The quantitative estimate of drug-likeness (QED) is 0.738. The minimum atomic E-state index is -1.92. The van der Waals surface area contributed by atoms with E-state index in [2.05, 4.69) is 0 Å². The molecular weight excluding hydrogens is 347 g/mol. The van der Waals surface area contributed by atoms with Gasteiger partial charge in [0.25, 0.3) is 0 Å². The maximum absolute atomic E-state index is 16.9. The van der Waals surface area contributed by atoms with Crippen molar-refractivity contribution in [3.05, 3.63) is 23.8 Å². The van der Waals surface area contributed by atoms with Crippen LogP contribution in [0.3, 0.4) is 0 Å². The summed E-state index contributed by atoms with van der Waals surface area (Å²) in [6.45, 7) is 7.01. The summed E-state index contributed by atoms with van der Waals surface area (Å²) < 4.78 is 16.9. The topological polar surface area (TPSA) is 74.6 Å².